The molecule has 1 N–H and O–H groups in total. The Morgan fingerprint density at radius 3 is 2.68 bits per heavy atom. The number of hydrogen-bond acceptors (Lipinski definition) is 5. The van der Waals surface area contributed by atoms with E-state index >= 15 is 0 Å². The van der Waals surface area contributed by atoms with Crippen molar-refractivity contribution in [3.8, 4) is 12.3 Å². The monoisotopic (exact) mass is 343 g/mol. The summed E-state index contributed by atoms with van der Waals surface area (Å²) in [5.41, 5.74) is -0.476. The zero-order chi connectivity index (χ0) is 16.4. The van der Waals surface area contributed by atoms with E-state index in [-0.39, 0.29) is 18.3 Å². The van der Waals surface area contributed by atoms with Gasteiger partial charge >= 0.3 is 0 Å². The summed E-state index contributed by atoms with van der Waals surface area (Å²) >= 11 is 6.99. The maximum atomic E-state index is 13.1. The number of β-amino-alcohol motifs (C(OH)–C–C–N with tert-alkyl or cyclic N) is 1. The zero-order valence-electron chi connectivity index (χ0n) is 13.0. The number of rotatable bonds is 6. The van der Waals surface area contributed by atoms with Crippen molar-refractivity contribution in [2.45, 2.75) is 51.3 Å². The van der Waals surface area contributed by atoms with Gasteiger partial charge in [-0.3, -0.25) is 4.65 Å². The van der Waals surface area contributed by atoms with Gasteiger partial charge in [0.1, 0.15) is 11.0 Å². The highest BCUT2D eigenvalue weighted by Crippen LogP contribution is 2.39. The molecular formula is C15H22ClN3O2S. The minimum absolute atomic E-state index is 0.106. The Morgan fingerprint density at radius 1 is 1.59 bits per heavy atom. The van der Waals surface area contributed by atoms with E-state index in [9.17, 15) is 10.3 Å². The van der Waals surface area contributed by atoms with E-state index in [2.05, 4.69) is 24.8 Å². The van der Waals surface area contributed by atoms with Gasteiger partial charge in [-0.2, -0.15) is 4.98 Å². The molecule has 1 saturated heterocycles. The molecule has 2 heterocycles. The molecule has 22 heavy (non-hydrogen) atoms. The van der Waals surface area contributed by atoms with E-state index in [1.807, 2.05) is 4.90 Å². The summed E-state index contributed by atoms with van der Waals surface area (Å²) in [6.07, 6.45) is 9.65. The van der Waals surface area contributed by atoms with Crippen molar-refractivity contribution in [2.75, 3.05) is 13.2 Å². The number of terminal acetylenes is 1. The minimum Gasteiger partial charge on any atom is -0.623 e. The topological polar surface area (TPSA) is 59.4 Å². The molecule has 1 fully saturated rings. The van der Waals surface area contributed by atoms with Gasteiger partial charge in [-0.25, -0.2) is 4.90 Å². The fraction of sp³-hybridized carbons (Fsp3) is 0.667. The second-order valence-corrected chi connectivity index (χ2v) is 7.40. The van der Waals surface area contributed by atoms with Crippen molar-refractivity contribution in [3.63, 3.8) is 0 Å². The Morgan fingerprint density at radius 2 is 2.23 bits per heavy atom. The number of thiazole rings is 1. The maximum absolute atomic E-state index is 13.1. The molecule has 2 unspecified atom stereocenters. The van der Waals surface area contributed by atoms with Gasteiger partial charge in [-0.15, -0.1) is 6.42 Å². The van der Waals surface area contributed by atoms with Gasteiger partial charge < -0.3 is 10.3 Å². The maximum Gasteiger partial charge on any atom is 0.290 e. The quantitative estimate of drug-likeness (QED) is 0.489. The lowest BCUT2D eigenvalue weighted by atomic mass is 9.88. The Balaban J connectivity index is 2.30. The average molecular weight is 344 g/mol. The molecule has 5 nitrogen and oxygen atoms in total. The largest absolute Gasteiger partial charge is 0.623 e. The second-order valence-electron chi connectivity index (χ2n) is 5.76. The van der Waals surface area contributed by atoms with Crippen LogP contribution in [0, 0.1) is 17.6 Å². The summed E-state index contributed by atoms with van der Waals surface area (Å²) in [5.74, 6) is 2.90. The van der Waals surface area contributed by atoms with Crippen LogP contribution in [-0.4, -0.2) is 40.0 Å². The van der Waals surface area contributed by atoms with E-state index in [1.54, 1.807) is 0 Å². The Labute approximate surface area is 140 Å². The molecule has 1 aromatic heterocycles. The van der Waals surface area contributed by atoms with E-state index in [0.717, 1.165) is 37.0 Å². The average Bonchev–Trinajstić information content (AvgIpc) is 3.04. The third-order valence-electron chi connectivity index (χ3n) is 4.24. The van der Waals surface area contributed by atoms with Gasteiger partial charge in [0.15, 0.2) is 0 Å². The smallest absolute Gasteiger partial charge is 0.290 e. The number of aliphatic hydroxyl groups excluding tert-OH is 1. The predicted molar refractivity (Wildman–Crippen MR) is 91.2 cm³/mol. The first-order valence-corrected chi connectivity index (χ1v) is 8.73. The van der Waals surface area contributed by atoms with E-state index in [4.69, 9.17) is 18.0 Å². The van der Waals surface area contributed by atoms with Crippen molar-refractivity contribution in [2.24, 2.45) is 0 Å². The number of aliphatic hydroxyl groups is 1. The van der Waals surface area contributed by atoms with Crippen molar-refractivity contribution < 1.29 is 5.11 Å². The van der Waals surface area contributed by atoms with Crippen LogP contribution in [0.25, 0.3) is 0 Å². The third kappa shape index (κ3) is 3.02. The highest BCUT2D eigenvalue weighted by atomic mass is 35.5. The molecule has 0 aromatic carbocycles. The lowest BCUT2D eigenvalue weighted by Gasteiger charge is -2.40. The van der Waals surface area contributed by atoms with Gasteiger partial charge in [0.2, 0.25) is 6.23 Å². The lowest BCUT2D eigenvalue weighted by Crippen LogP contribution is -2.51. The van der Waals surface area contributed by atoms with E-state index in [0.29, 0.717) is 4.34 Å². The molecule has 1 aromatic rings. The van der Waals surface area contributed by atoms with Crippen LogP contribution in [0.15, 0.2) is 6.20 Å². The summed E-state index contributed by atoms with van der Waals surface area (Å²) in [7, 11) is 0. The van der Waals surface area contributed by atoms with Crippen LogP contribution >= 0.6 is 22.9 Å². The highest BCUT2D eigenvalue weighted by molar-refractivity contribution is 7.19. The molecular weight excluding hydrogens is 322 g/mol. The molecule has 0 amide bonds. The molecule has 0 radical (unpaired) electrons. The standard InChI is InChI=1S/C15H22ClN3O2S/c1-4-7-15(6-3,8-5-2)18-10-13(20)19(21,11-18)14-17-9-12(16)22-14/h3,9,13,20H,4-5,7-8,10-11H2,1-2H3. The van der Waals surface area contributed by atoms with E-state index in [1.165, 1.54) is 6.20 Å². The van der Waals surface area contributed by atoms with Crippen LogP contribution in [0.3, 0.4) is 0 Å². The molecule has 1 aliphatic heterocycles. The van der Waals surface area contributed by atoms with Gasteiger partial charge in [0, 0.05) is 0 Å². The summed E-state index contributed by atoms with van der Waals surface area (Å²) < 4.78 is -0.451. The van der Waals surface area contributed by atoms with Crippen LogP contribution in [0.4, 0.5) is 5.13 Å². The van der Waals surface area contributed by atoms with E-state index < -0.39 is 16.4 Å². The van der Waals surface area contributed by atoms with Gasteiger partial charge in [-0.1, -0.05) is 44.2 Å². The normalized spacial score (nSPS) is 26.3. The number of halogens is 1. The van der Waals surface area contributed by atoms with Gasteiger partial charge in [-0.05, 0) is 24.2 Å². The first kappa shape index (κ1) is 17.7. The number of aromatic nitrogens is 1. The predicted octanol–water partition coefficient (Wildman–Crippen LogP) is 3.17. The number of hydroxylamine groups is 2. The van der Waals surface area contributed by atoms with Crippen molar-refractivity contribution >= 4 is 28.1 Å². The first-order chi connectivity index (χ1) is 10.4. The number of quaternary nitrogens is 1. The summed E-state index contributed by atoms with van der Waals surface area (Å²) in [4.78, 5) is 6.01. The molecule has 122 valence electrons. The third-order valence-corrected chi connectivity index (χ3v) is 5.46. The Bertz CT molecular complexity index is 553. The first-order valence-electron chi connectivity index (χ1n) is 7.53. The van der Waals surface area contributed by atoms with Crippen LogP contribution < -0.4 is 4.65 Å². The molecule has 2 atom stereocenters. The van der Waals surface area contributed by atoms with Crippen LogP contribution in [0.2, 0.25) is 4.34 Å². The molecule has 1 aliphatic rings. The number of nitrogens with zero attached hydrogens (tertiary/aromatic N) is 3. The summed E-state index contributed by atoms with van der Waals surface area (Å²) in [5, 5.41) is 23.7. The summed E-state index contributed by atoms with van der Waals surface area (Å²) in [6, 6.07) is 0. The van der Waals surface area contributed by atoms with Crippen molar-refractivity contribution in [1.82, 2.24) is 14.5 Å². The van der Waals surface area contributed by atoms with Gasteiger partial charge in [0.05, 0.1) is 18.3 Å². The SMILES string of the molecule is C#CC(CCC)(CCC)N1CC(O)[N+]([O-])(c2ncc(Cl)s2)C1. The lowest BCUT2D eigenvalue weighted by molar-refractivity contribution is 0.0834. The Hall–Kier alpha value is -0.680. The molecule has 0 aliphatic carbocycles. The second kappa shape index (κ2) is 6.83. The molecule has 7 heteroatoms. The fourth-order valence-corrected chi connectivity index (χ4v) is 4.13. The molecule has 0 bridgehead atoms. The number of hydrogen-bond donors (Lipinski definition) is 1. The van der Waals surface area contributed by atoms with Crippen LogP contribution in [0.5, 0.6) is 0 Å². The zero-order valence-corrected chi connectivity index (χ0v) is 14.5. The molecule has 0 spiro atoms. The van der Waals surface area contributed by atoms with Crippen LogP contribution in [0.1, 0.15) is 39.5 Å². The minimum atomic E-state index is -1.09. The molecule has 0 saturated carbocycles. The van der Waals surface area contributed by atoms with Crippen LogP contribution in [-0.2, 0) is 0 Å². The Kier molecular flexibility index (Phi) is 5.49. The summed E-state index contributed by atoms with van der Waals surface area (Å²) in [6.45, 7) is 4.52. The highest BCUT2D eigenvalue weighted by Gasteiger charge is 2.49. The fourth-order valence-electron chi connectivity index (χ4n) is 3.16. The van der Waals surface area contributed by atoms with Crippen molar-refractivity contribution in [3.05, 3.63) is 15.7 Å². The van der Waals surface area contributed by atoms with Crippen molar-refractivity contribution in [1.29, 1.82) is 0 Å². The molecule has 2 rings (SSSR count). The van der Waals surface area contributed by atoms with Gasteiger partial charge in [0.25, 0.3) is 5.13 Å².